The number of aliphatic hydroxyl groups is 1. The first-order valence-electron chi connectivity index (χ1n) is 18.8. The van der Waals surface area contributed by atoms with Crippen molar-refractivity contribution in [2.45, 2.75) is 50.6 Å². The van der Waals surface area contributed by atoms with Gasteiger partial charge in [-0.15, -0.1) is 0 Å². The first-order valence-corrected chi connectivity index (χ1v) is 19.1. The van der Waals surface area contributed by atoms with Crippen LogP contribution in [0.25, 0.3) is 33.4 Å². The Kier molecular flexibility index (Phi) is 9.98. The average Bonchev–Trinajstić information content (AvgIpc) is 3.82. The fourth-order valence-corrected chi connectivity index (χ4v) is 8.99. The molecule has 2 aliphatic heterocycles. The van der Waals surface area contributed by atoms with E-state index in [0.29, 0.717) is 52.1 Å². The molecule has 3 N–H and O–H groups in total. The maximum absolute atomic E-state index is 14.0. The summed E-state index contributed by atoms with van der Waals surface area (Å²) in [6.45, 7) is 4.26. The minimum Gasteiger partial charge on any atom is -0.481 e. The topological polar surface area (TPSA) is 160 Å². The van der Waals surface area contributed by atoms with Crippen LogP contribution in [0.15, 0.2) is 52.1 Å². The number of nitrogens with one attached hydrogen (secondary N) is 2. The minimum atomic E-state index is -3.05. The van der Waals surface area contributed by atoms with Crippen molar-refractivity contribution < 1.29 is 23.4 Å². The number of halogens is 3. The number of benzene rings is 2. The molecule has 0 radical (unpaired) electrons. The summed E-state index contributed by atoms with van der Waals surface area (Å²) in [6, 6.07) is 13.1. The van der Waals surface area contributed by atoms with Gasteiger partial charge in [0.1, 0.15) is 11.2 Å². The van der Waals surface area contributed by atoms with E-state index in [0.717, 1.165) is 64.6 Å². The number of β-amino-alcohol motifs (C(OH)–C–C–N with tert-alkyl or cyclic N) is 1. The van der Waals surface area contributed by atoms with Gasteiger partial charge in [-0.25, -0.2) is 33.3 Å². The molecule has 17 heteroatoms. The molecule has 3 aromatic heterocycles. The normalized spacial score (nSPS) is 19.5. The third-order valence-corrected chi connectivity index (χ3v) is 12.1. The van der Waals surface area contributed by atoms with Gasteiger partial charge in [0.05, 0.1) is 30.0 Å². The number of hydrogen-bond acceptors (Lipinski definition) is 10. The number of carbonyl (C=O) groups is 1. The lowest BCUT2D eigenvalue weighted by Crippen LogP contribution is -2.61. The van der Waals surface area contributed by atoms with Crippen LogP contribution >= 0.6 is 11.6 Å². The summed E-state index contributed by atoms with van der Waals surface area (Å²) in [6.07, 6.45) is 0.306. The number of amides is 2. The van der Waals surface area contributed by atoms with E-state index >= 15 is 0 Å². The van der Waals surface area contributed by atoms with Gasteiger partial charge in [-0.3, -0.25) is 18.8 Å². The zero-order valence-electron chi connectivity index (χ0n) is 31.9. The molecular formula is C40H42ClF2N9O5. The van der Waals surface area contributed by atoms with Crippen LogP contribution in [-0.4, -0.2) is 90.5 Å². The fourth-order valence-electron chi connectivity index (χ4n) is 8.66. The van der Waals surface area contributed by atoms with E-state index in [9.17, 15) is 28.3 Å². The van der Waals surface area contributed by atoms with Crippen LogP contribution in [-0.2, 0) is 20.5 Å². The molecule has 0 saturated carbocycles. The Balaban J connectivity index is 1.11. The van der Waals surface area contributed by atoms with Crippen molar-refractivity contribution in [2.24, 2.45) is 14.1 Å². The number of rotatable bonds is 9. The molecule has 0 bridgehead atoms. The van der Waals surface area contributed by atoms with Crippen molar-refractivity contribution in [1.29, 1.82) is 0 Å². The van der Waals surface area contributed by atoms with Crippen LogP contribution in [0.5, 0.6) is 5.88 Å². The van der Waals surface area contributed by atoms with Crippen LogP contribution in [0, 0.1) is 6.92 Å². The number of nitrogens with zero attached hydrogens (tertiary/aromatic N) is 7. The standard InChI is InChI=1S/C40H42ClF2N9O5/c1-21-23(7-6-10-26(21)44-33-30-35(47-34(46-33)32(42)43)49(2)39(56)50(3)37(30)54)24-8-5-9-25(31(24)41)27-19-22-11-12-28(29(22)36(45-27)57-4)52-16-14-40(20-52)13-15-51(17-18-53)38(55)48-40/h5-10,19,28,32,53H,11-18,20H2,1-4H3,(H,48,55)(H,44,46,47)/t28-,40+/m1/s1. The van der Waals surface area contributed by atoms with E-state index in [4.69, 9.17) is 21.3 Å². The SMILES string of the molecule is COc1nc(-c2cccc(-c3cccc(Nc4nc(C(F)F)nc5c4c(=O)n(C)c(=O)n5C)c3C)c2Cl)cc2c1[C@H](N1CC[C@@]3(CCN(CCO)C(=O)N3)C1)CC2. The van der Waals surface area contributed by atoms with E-state index < -0.39 is 23.5 Å². The summed E-state index contributed by atoms with van der Waals surface area (Å²) >= 11 is 7.23. The Hall–Kier alpha value is -5.45. The molecule has 3 aliphatic rings. The molecule has 8 rings (SSSR count). The number of aryl methyl sites for hydroxylation is 2. The highest BCUT2D eigenvalue weighted by Crippen LogP contribution is 2.47. The monoisotopic (exact) mass is 801 g/mol. The number of aromatic nitrogens is 5. The molecule has 57 heavy (non-hydrogen) atoms. The number of carbonyl (C=O) groups excluding carboxylic acids is 1. The number of pyridine rings is 1. The van der Waals surface area contributed by atoms with Crippen molar-refractivity contribution in [3.8, 4) is 28.3 Å². The average molecular weight is 802 g/mol. The van der Waals surface area contributed by atoms with Gasteiger partial charge in [-0.1, -0.05) is 41.9 Å². The second-order valence-corrected chi connectivity index (χ2v) is 15.3. The van der Waals surface area contributed by atoms with Gasteiger partial charge < -0.3 is 25.4 Å². The number of fused-ring (bicyclic) bond motifs is 2. The third-order valence-electron chi connectivity index (χ3n) is 11.7. The smallest absolute Gasteiger partial charge is 0.332 e. The summed E-state index contributed by atoms with van der Waals surface area (Å²) in [5.41, 5.74) is 4.19. The lowest BCUT2D eigenvalue weighted by Gasteiger charge is -2.40. The van der Waals surface area contributed by atoms with Crippen LogP contribution in [0.2, 0.25) is 5.02 Å². The van der Waals surface area contributed by atoms with Gasteiger partial charge in [0.25, 0.3) is 12.0 Å². The fraction of sp³-hybridized carbons (Fsp3) is 0.400. The van der Waals surface area contributed by atoms with E-state index in [2.05, 4.69) is 31.6 Å². The number of aliphatic hydroxyl groups excluding tert-OH is 1. The minimum absolute atomic E-state index is 0.0631. The Labute approximate surface area is 331 Å². The summed E-state index contributed by atoms with van der Waals surface area (Å²) in [5, 5.41) is 16.0. The zero-order valence-corrected chi connectivity index (χ0v) is 32.7. The lowest BCUT2D eigenvalue weighted by atomic mass is 9.92. The highest BCUT2D eigenvalue weighted by Gasteiger charge is 2.46. The molecule has 5 heterocycles. The number of urea groups is 1. The van der Waals surface area contributed by atoms with Crippen molar-refractivity contribution in [3.63, 3.8) is 0 Å². The predicted octanol–water partition coefficient (Wildman–Crippen LogP) is 5.25. The Morgan fingerprint density at radius 2 is 1.77 bits per heavy atom. The second-order valence-electron chi connectivity index (χ2n) is 14.9. The molecule has 14 nitrogen and oxygen atoms in total. The van der Waals surface area contributed by atoms with Crippen LogP contribution in [0.3, 0.4) is 0 Å². The number of hydrogen-bond donors (Lipinski definition) is 3. The molecular weight excluding hydrogens is 760 g/mol. The molecule has 2 amide bonds. The zero-order chi connectivity index (χ0) is 40.3. The maximum atomic E-state index is 14.0. The van der Waals surface area contributed by atoms with E-state index in [1.807, 2.05) is 31.2 Å². The number of anilines is 2. The molecule has 2 saturated heterocycles. The summed E-state index contributed by atoms with van der Waals surface area (Å²) in [7, 11) is 4.28. The van der Waals surface area contributed by atoms with E-state index in [1.165, 1.54) is 14.1 Å². The van der Waals surface area contributed by atoms with Crippen LogP contribution < -0.4 is 26.6 Å². The van der Waals surface area contributed by atoms with Gasteiger partial charge in [0.2, 0.25) is 5.88 Å². The van der Waals surface area contributed by atoms with Crippen LogP contribution in [0.1, 0.15) is 54.2 Å². The van der Waals surface area contributed by atoms with Gasteiger partial charge in [-0.2, -0.15) is 0 Å². The van der Waals surface area contributed by atoms with Crippen molar-refractivity contribution in [3.05, 3.63) is 90.8 Å². The van der Waals surface area contributed by atoms with Gasteiger partial charge in [0, 0.05) is 68.7 Å². The maximum Gasteiger partial charge on any atom is 0.332 e. The summed E-state index contributed by atoms with van der Waals surface area (Å²) in [4.78, 5) is 55.7. The number of ether oxygens (including phenoxy) is 1. The highest BCUT2D eigenvalue weighted by molar-refractivity contribution is 6.36. The highest BCUT2D eigenvalue weighted by atomic mass is 35.5. The molecule has 0 unspecified atom stereocenters. The molecule has 2 fully saturated rings. The van der Waals surface area contributed by atoms with E-state index in [1.54, 1.807) is 24.1 Å². The first-order chi connectivity index (χ1) is 27.3. The van der Waals surface area contributed by atoms with Gasteiger partial charge >= 0.3 is 11.7 Å². The molecule has 1 aliphatic carbocycles. The molecule has 298 valence electrons. The molecule has 2 aromatic carbocycles. The number of alkyl halides is 2. The first kappa shape index (κ1) is 38.4. The van der Waals surface area contributed by atoms with Crippen molar-refractivity contribution >= 4 is 40.2 Å². The Morgan fingerprint density at radius 3 is 2.51 bits per heavy atom. The predicted molar refractivity (Wildman–Crippen MR) is 211 cm³/mol. The quantitative estimate of drug-likeness (QED) is 0.180. The summed E-state index contributed by atoms with van der Waals surface area (Å²) < 4.78 is 35.8. The largest absolute Gasteiger partial charge is 0.481 e. The molecule has 2 atom stereocenters. The number of likely N-dealkylation sites (tertiary alicyclic amines) is 1. The molecule has 1 spiro atoms. The Morgan fingerprint density at radius 1 is 1.04 bits per heavy atom. The van der Waals surface area contributed by atoms with Crippen LogP contribution in [0.4, 0.5) is 25.1 Å². The van der Waals surface area contributed by atoms with Gasteiger partial charge in [-0.05, 0) is 61.4 Å². The summed E-state index contributed by atoms with van der Waals surface area (Å²) in [5.74, 6) is -0.452. The third kappa shape index (κ3) is 6.58. The van der Waals surface area contributed by atoms with Crippen molar-refractivity contribution in [2.75, 3.05) is 45.2 Å². The van der Waals surface area contributed by atoms with E-state index in [-0.39, 0.29) is 41.1 Å². The Bertz CT molecular complexity index is 2560. The molecule has 5 aromatic rings. The number of methoxy groups -OCH3 is 1. The van der Waals surface area contributed by atoms with Crippen molar-refractivity contribution in [1.82, 2.24) is 39.2 Å². The van der Waals surface area contributed by atoms with Gasteiger partial charge in [0.15, 0.2) is 11.5 Å². The second kappa shape index (κ2) is 14.8. The lowest BCUT2D eigenvalue weighted by molar-refractivity contribution is 0.127.